The Labute approximate surface area is 212 Å². The van der Waals surface area contributed by atoms with Crippen molar-refractivity contribution in [3.63, 3.8) is 0 Å². The lowest BCUT2D eigenvalue weighted by atomic mass is 9.96. The van der Waals surface area contributed by atoms with Crippen LogP contribution >= 0.6 is 43.5 Å². The minimum atomic E-state index is -4.57. The van der Waals surface area contributed by atoms with Gasteiger partial charge in [0.1, 0.15) is 6.54 Å². The molecule has 1 amide bonds. The van der Waals surface area contributed by atoms with Crippen LogP contribution in [0.5, 0.6) is 0 Å². The Morgan fingerprint density at radius 3 is 2.12 bits per heavy atom. The fourth-order valence-electron chi connectivity index (χ4n) is 2.88. The Hall–Kier alpha value is -1.85. The molecule has 1 atom stereocenters. The van der Waals surface area contributed by atoms with Crippen LogP contribution < -0.4 is 5.32 Å². The molecule has 0 radical (unpaired) electrons. The number of Topliss-reactive ketones (excluding diaryl/α,β-unsaturated/α-hetero) is 1. The Morgan fingerprint density at radius 1 is 0.971 bits per heavy atom. The lowest BCUT2D eigenvalue weighted by Crippen LogP contribution is -2.33. The van der Waals surface area contributed by atoms with E-state index in [4.69, 9.17) is 11.6 Å². The third-order valence-electron chi connectivity index (χ3n) is 4.44. The van der Waals surface area contributed by atoms with E-state index in [0.29, 0.717) is 14.5 Å². The highest BCUT2D eigenvalue weighted by atomic mass is 79.9. The summed E-state index contributed by atoms with van der Waals surface area (Å²) in [5.41, 5.74) is 0.310. The Balaban J connectivity index is 2.12. The number of carbonyl (C=O) groups excluding carboxylic acids is 2. The standard InChI is InChI=1S/C22H16Br2ClF6NO2/c23-14-8-13(9-15(24)10-14)17(22(29,30)31)4-2-12-1-3-16(18(25)7-12)19(33)5-6-20(34)32-11-21(26,27)28/h1-4,7-10,17H,5-6,11H2,(H,32,34)/b4-2+. The van der Waals surface area contributed by atoms with Crippen molar-refractivity contribution in [3.05, 3.63) is 73.1 Å². The number of hydrogen-bond donors (Lipinski definition) is 1. The molecule has 0 bridgehead atoms. The Kier molecular flexibility index (Phi) is 9.79. The van der Waals surface area contributed by atoms with Crippen LogP contribution in [0.25, 0.3) is 6.08 Å². The number of rotatable bonds is 8. The van der Waals surface area contributed by atoms with Gasteiger partial charge in [-0.2, -0.15) is 26.3 Å². The monoisotopic (exact) mass is 633 g/mol. The molecule has 2 aromatic carbocycles. The summed E-state index contributed by atoms with van der Waals surface area (Å²) in [5, 5.41) is 1.60. The molecular weight excluding hydrogens is 619 g/mol. The van der Waals surface area contributed by atoms with Crippen molar-refractivity contribution in [1.82, 2.24) is 5.32 Å². The van der Waals surface area contributed by atoms with Crippen molar-refractivity contribution in [3.8, 4) is 0 Å². The second kappa shape index (κ2) is 11.7. The fraction of sp³-hybridized carbons (Fsp3) is 0.273. The average Bonchev–Trinajstić information content (AvgIpc) is 2.68. The van der Waals surface area contributed by atoms with E-state index < -0.39 is 42.9 Å². The summed E-state index contributed by atoms with van der Waals surface area (Å²) in [6, 6.07) is 8.27. The van der Waals surface area contributed by atoms with Gasteiger partial charge in [-0.25, -0.2) is 0 Å². The zero-order chi connectivity index (χ0) is 25.7. The van der Waals surface area contributed by atoms with Crippen LogP contribution in [-0.4, -0.2) is 30.6 Å². The van der Waals surface area contributed by atoms with E-state index in [1.54, 1.807) is 11.4 Å². The van der Waals surface area contributed by atoms with Gasteiger partial charge >= 0.3 is 12.4 Å². The summed E-state index contributed by atoms with van der Waals surface area (Å²) in [5.74, 6) is -3.44. The number of alkyl halides is 6. The van der Waals surface area contributed by atoms with Gasteiger partial charge in [-0.15, -0.1) is 0 Å². The molecule has 2 rings (SSSR count). The highest BCUT2D eigenvalue weighted by Crippen LogP contribution is 2.38. The third-order valence-corrected chi connectivity index (χ3v) is 5.66. The molecule has 0 saturated carbocycles. The van der Waals surface area contributed by atoms with Crippen molar-refractivity contribution < 1.29 is 35.9 Å². The molecule has 3 nitrogen and oxygen atoms in total. The molecule has 1 unspecified atom stereocenters. The number of carbonyl (C=O) groups is 2. The molecule has 2 aromatic rings. The maximum atomic E-state index is 13.6. The molecule has 184 valence electrons. The molecule has 12 heteroatoms. The van der Waals surface area contributed by atoms with E-state index in [2.05, 4.69) is 31.9 Å². The highest BCUT2D eigenvalue weighted by Gasteiger charge is 2.39. The topological polar surface area (TPSA) is 46.2 Å². The van der Waals surface area contributed by atoms with Gasteiger partial charge in [0.15, 0.2) is 5.78 Å². The van der Waals surface area contributed by atoms with Crippen LogP contribution in [0.3, 0.4) is 0 Å². The zero-order valence-corrected chi connectivity index (χ0v) is 21.0. The first-order chi connectivity index (χ1) is 15.7. The average molecular weight is 636 g/mol. The molecule has 0 aliphatic carbocycles. The first kappa shape index (κ1) is 28.4. The summed E-state index contributed by atoms with van der Waals surface area (Å²) in [7, 11) is 0. The van der Waals surface area contributed by atoms with Gasteiger partial charge < -0.3 is 5.32 Å². The van der Waals surface area contributed by atoms with Gasteiger partial charge in [-0.1, -0.05) is 61.7 Å². The summed E-state index contributed by atoms with van der Waals surface area (Å²) >= 11 is 12.4. The van der Waals surface area contributed by atoms with Crippen LogP contribution in [0.15, 0.2) is 51.4 Å². The fourth-order valence-corrected chi connectivity index (χ4v) is 4.50. The van der Waals surface area contributed by atoms with Crippen molar-refractivity contribution in [2.75, 3.05) is 6.54 Å². The SMILES string of the molecule is O=C(CCC(=O)c1ccc(/C=C/C(c2cc(Br)cc(Br)c2)C(F)(F)F)cc1Cl)NCC(F)(F)F. The number of allylic oxidation sites excluding steroid dienone is 1. The molecule has 0 aromatic heterocycles. The van der Waals surface area contributed by atoms with Crippen molar-refractivity contribution in [1.29, 1.82) is 0 Å². The van der Waals surface area contributed by atoms with E-state index in [9.17, 15) is 35.9 Å². The first-order valence-electron chi connectivity index (χ1n) is 9.53. The minimum absolute atomic E-state index is 0.00531. The molecule has 0 fully saturated rings. The van der Waals surface area contributed by atoms with Crippen LogP contribution in [0, 0.1) is 0 Å². The normalized spacial score (nSPS) is 13.2. The molecule has 0 aliphatic rings. The van der Waals surface area contributed by atoms with Gasteiger partial charge in [0, 0.05) is 27.4 Å². The van der Waals surface area contributed by atoms with Gasteiger partial charge in [0.2, 0.25) is 5.91 Å². The van der Waals surface area contributed by atoms with Gasteiger partial charge in [-0.3, -0.25) is 9.59 Å². The largest absolute Gasteiger partial charge is 0.405 e. The van der Waals surface area contributed by atoms with Crippen molar-refractivity contribution in [2.45, 2.75) is 31.1 Å². The van der Waals surface area contributed by atoms with E-state index >= 15 is 0 Å². The number of hydrogen-bond acceptors (Lipinski definition) is 2. The summed E-state index contributed by atoms with van der Waals surface area (Å²) in [4.78, 5) is 23.7. The van der Waals surface area contributed by atoms with Gasteiger partial charge in [0.25, 0.3) is 0 Å². The Morgan fingerprint density at radius 2 is 1.59 bits per heavy atom. The lowest BCUT2D eigenvalue weighted by Gasteiger charge is -2.18. The summed E-state index contributed by atoms with van der Waals surface area (Å²) < 4.78 is 78.2. The van der Waals surface area contributed by atoms with Gasteiger partial charge in [-0.05, 0) is 41.5 Å². The van der Waals surface area contributed by atoms with Crippen LogP contribution in [0.2, 0.25) is 5.02 Å². The van der Waals surface area contributed by atoms with Crippen molar-refractivity contribution >= 4 is 61.2 Å². The van der Waals surface area contributed by atoms with E-state index in [1.807, 2.05) is 0 Å². The van der Waals surface area contributed by atoms with Crippen molar-refractivity contribution in [2.24, 2.45) is 0 Å². The maximum absolute atomic E-state index is 13.6. The molecular formula is C22H16Br2ClF6NO2. The number of ketones is 1. The predicted molar refractivity (Wildman–Crippen MR) is 124 cm³/mol. The molecule has 34 heavy (non-hydrogen) atoms. The maximum Gasteiger partial charge on any atom is 0.405 e. The smallest absolute Gasteiger partial charge is 0.347 e. The van der Waals surface area contributed by atoms with E-state index in [-0.39, 0.29) is 22.6 Å². The van der Waals surface area contributed by atoms with Crippen LogP contribution in [0.1, 0.15) is 40.2 Å². The summed E-state index contributed by atoms with van der Waals surface area (Å²) in [6.07, 6.45) is -7.80. The quantitative estimate of drug-likeness (QED) is 0.237. The van der Waals surface area contributed by atoms with E-state index in [1.165, 1.54) is 36.4 Å². The van der Waals surface area contributed by atoms with E-state index in [0.717, 1.165) is 6.08 Å². The number of halogens is 9. The molecule has 0 saturated heterocycles. The second-order valence-corrected chi connectivity index (χ2v) is 9.37. The van der Waals surface area contributed by atoms with Crippen LogP contribution in [0.4, 0.5) is 26.3 Å². The van der Waals surface area contributed by atoms with Gasteiger partial charge in [0.05, 0.1) is 10.9 Å². The molecule has 0 heterocycles. The number of nitrogens with one attached hydrogen (secondary N) is 1. The highest BCUT2D eigenvalue weighted by molar-refractivity contribution is 9.11. The predicted octanol–water partition coefficient (Wildman–Crippen LogP) is 7.87. The number of amides is 1. The Bertz CT molecular complexity index is 1070. The second-order valence-electron chi connectivity index (χ2n) is 7.14. The molecule has 0 aliphatic heterocycles. The third kappa shape index (κ3) is 9.07. The molecule has 1 N–H and O–H groups in total. The molecule has 0 spiro atoms. The minimum Gasteiger partial charge on any atom is -0.347 e. The van der Waals surface area contributed by atoms with Crippen LogP contribution in [-0.2, 0) is 4.79 Å². The zero-order valence-electron chi connectivity index (χ0n) is 17.0. The number of benzene rings is 2. The lowest BCUT2D eigenvalue weighted by molar-refractivity contribution is -0.139. The summed E-state index contributed by atoms with van der Waals surface area (Å²) in [6.45, 7) is -1.50. The first-order valence-corrected chi connectivity index (χ1v) is 11.5.